The van der Waals surface area contributed by atoms with E-state index in [4.69, 9.17) is 5.11 Å². The largest absolute Gasteiger partial charge is 0.390 e. The summed E-state index contributed by atoms with van der Waals surface area (Å²) in [5.74, 6) is -2.19. The van der Waals surface area contributed by atoms with E-state index in [2.05, 4.69) is 20.9 Å². The van der Waals surface area contributed by atoms with Crippen molar-refractivity contribution in [1.82, 2.24) is 14.9 Å². The molecule has 3 rings (SSSR count). The molecule has 5 nitrogen and oxygen atoms in total. The zero-order valence-electron chi connectivity index (χ0n) is 13.0. The van der Waals surface area contributed by atoms with E-state index in [9.17, 15) is 8.78 Å². The lowest BCUT2D eigenvalue weighted by molar-refractivity contribution is -0.0733. The van der Waals surface area contributed by atoms with Crippen LogP contribution in [0.1, 0.15) is 5.56 Å². The second-order valence-corrected chi connectivity index (χ2v) is 6.00. The van der Waals surface area contributed by atoms with Crippen molar-refractivity contribution < 1.29 is 13.9 Å². The van der Waals surface area contributed by atoms with Gasteiger partial charge in [-0.2, -0.15) is 0 Å². The lowest BCUT2D eigenvalue weighted by Crippen LogP contribution is -2.50. The SMILES string of the molecule is Cc1ccc2ncnc(N3CCN(CC(F)(F)CO)CC3)c2c1. The summed E-state index contributed by atoms with van der Waals surface area (Å²) < 4.78 is 26.6. The molecule has 0 atom stereocenters. The molecule has 1 aromatic heterocycles. The van der Waals surface area contributed by atoms with Crippen molar-refractivity contribution in [3.05, 3.63) is 30.1 Å². The molecule has 0 spiro atoms. The molecule has 23 heavy (non-hydrogen) atoms. The molecule has 1 aliphatic heterocycles. The second-order valence-electron chi connectivity index (χ2n) is 6.00. The molecule has 0 saturated carbocycles. The number of rotatable bonds is 4. The fourth-order valence-corrected chi connectivity index (χ4v) is 2.90. The number of aromatic nitrogens is 2. The quantitative estimate of drug-likeness (QED) is 0.928. The van der Waals surface area contributed by atoms with Gasteiger partial charge in [-0.3, -0.25) is 4.90 Å². The van der Waals surface area contributed by atoms with Crippen molar-refractivity contribution in [3.8, 4) is 0 Å². The van der Waals surface area contributed by atoms with E-state index in [0.717, 1.165) is 22.3 Å². The fourth-order valence-electron chi connectivity index (χ4n) is 2.90. The third kappa shape index (κ3) is 3.56. The van der Waals surface area contributed by atoms with Crippen LogP contribution in [-0.2, 0) is 0 Å². The smallest absolute Gasteiger partial charge is 0.283 e. The highest BCUT2D eigenvalue weighted by molar-refractivity contribution is 5.89. The van der Waals surface area contributed by atoms with Crippen LogP contribution in [0.2, 0.25) is 0 Å². The van der Waals surface area contributed by atoms with Gasteiger partial charge in [-0.05, 0) is 19.1 Å². The predicted octanol–water partition coefficient (Wildman–Crippen LogP) is 1.69. The molecule has 1 N–H and O–H groups in total. The molecule has 1 saturated heterocycles. The van der Waals surface area contributed by atoms with E-state index in [1.807, 2.05) is 19.1 Å². The van der Waals surface area contributed by atoms with E-state index < -0.39 is 19.1 Å². The monoisotopic (exact) mass is 322 g/mol. The third-order valence-electron chi connectivity index (χ3n) is 4.13. The maximum Gasteiger partial charge on any atom is 0.283 e. The summed E-state index contributed by atoms with van der Waals surface area (Å²) in [5, 5.41) is 9.68. The van der Waals surface area contributed by atoms with Gasteiger partial charge in [0, 0.05) is 31.6 Å². The second kappa shape index (κ2) is 6.33. The fraction of sp³-hybridized carbons (Fsp3) is 0.500. The van der Waals surface area contributed by atoms with Gasteiger partial charge in [0.15, 0.2) is 0 Å². The topological polar surface area (TPSA) is 52.5 Å². The lowest BCUT2D eigenvalue weighted by atomic mass is 10.1. The number of halogens is 2. The van der Waals surface area contributed by atoms with Crippen LogP contribution >= 0.6 is 0 Å². The van der Waals surface area contributed by atoms with Crippen molar-refractivity contribution in [2.75, 3.05) is 44.2 Å². The molecule has 1 fully saturated rings. The molecule has 0 aliphatic carbocycles. The number of fused-ring (bicyclic) bond motifs is 1. The van der Waals surface area contributed by atoms with Crippen LogP contribution in [0.25, 0.3) is 10.9 Å². The number of piperazine rings is 1. The number of aryl methyl sites for hydroxylation is 1. The maximum atomic E-state index is 13.3. The van der Waals surface area contributed by atoms with Gasteiger partial charge in [-0.15, -0.1) is 0 Å². The highest BCUT2D eigenvalue weighted by atomic mass is 19.3. The molecular formula is C16H20F2N4O. The standard InChI is InChI=1S/C16H20F2N4O/c1-12-2-3-14-13(8-12)15(20-11-19-14)22-6-4-21(5-7-22)9-16(17,18)10-23/h2-3,8,11,23H,4-7,9-10H2,1H3. The number of hydrogen-bond donors (Lipinski definition) is 1. The summed E-state index contributed by atoms with van der Waals surface area (Å²) in [6.45, 7) is 2.80. The number of anilines is 1. The minimum absolute atomic E-state index is 0.402. The summed E-state index contributed by atoms with van der Waals surface area (Å²) in [4.78, 5) is 12.5. The van der Waals surface area contributed by atoms with E-state index in [1.54, 1.807) is 11.2 Å². The Kier molecular flexibility index (Phi) is 4.41. The highest BCUT2D eigenvalue weighted by Crippen LogP contribution is 2.25. The summed E-state index contributed by atoms with van der Waals surface area (Å²) in [6, 6.07) is 6.03. The van der Waals surface area contributed by atoms with Gasteiger partial charge in [0.1, 0.15) is 18.8 Å². The average Bonchev–Trinajstić information content (AvgIpc) is 2.55. The Labute approximate surface area is 133 Å². The van der Waals surface area contributed by atoms with E-state index in [1.165, 1.54) is 0 Å². The number of aliphatic hydroxyl groups excluding tert-OH is 1. The predicted molar refractivity (Wildman–Crippen MR) is 85.0 cm³/mol. The summed E-state index contributed by atoms with van der Waals surface area (Å²) in [7, 11) is 0. The number of hydrogen-bond acceptors (Lipinski definition) is 5. The minimum atomic E-state index is -3.04. The normalized spacial score (nSPS) is 17.0. The number of alkyl halides is 2. The van der Waals surface area contributed by atoms with Gasteiger partial charge in [0.05, 0.1) is 12.1 Å². The van der Waals surface area contributed by atoms with E-state index in [0.29, 0.717) is 26.2 Å². The van der Waals surface area contributed by atoms with Crippen LogP contribution in [0.3, 0.4) is 0 Å². The average molecular weight is 322 g/mol. The van der Waals surface area contributed by atoms with Crippen molar-refractivity contribution in [1.29, 1.82) is 0 Å². The Bertz CT molecular complexity index is 687. The first-order valence-electron chi connectivity index (χ1n) is 7.66. The highest BCUT2D eigenvalue weighted by Gasteiger charge is 2.32. The van der Waals surface area contributed by atoms with Gasteiger partial charge >= 0.3 is 0 Å². The number of aliphatic hydroxyl groups is 1. The minimum Gasteiger partial charge on any atom is -0.390 e. The van der Waals surface area contributed by atoms with Gasteiger partial charge < -0.3 is 10.0 Å². The number of benzene rings is 1. The van der Waals surface area contributed by atoms with Crippen molar-refractivity contribution >= 4 is 16.7 Å². The molecule has 0 amide bonds. The Morgan fingerprint density at radius 2 is 1.91 bits per heavy atom. The Hall–Kier alpha value is -1.86. The van der Waals surface area contributed by atoms with Crippen LogP contribution in [0.4, 0.5) is 14.6 Å². The van der Waals surface area contributed by atoms with E-state index >= 15 is 0 Å². The maximum absolute atomic E-state index is 13.3. The van der Waals surface area contributed by atoms with Crippen molar-refractivity contribution in [2.24, 2.45) is 0 Å². The van der Waals surface area contributed by atoms with Gasteiger partial charge in [0.2, 0.25) is 0 Å². The van der Waals surface area contributed by atoms with Crippen LogP contribution in [0.5, 0.6) is 0 Å². The molecule has 0 radical (unpaired) electrons. The molecule has 0 unspecified atom stereocenters. The van der Waals surface area contributed by atoms with Crippen LogP contribution < -0.4 is 4.90 Å². The van der Waals surface area contributed by atoms with Gasteiger partial charge in [0.25, 0.3) is 5.92 Å². The molecular weight excluding hydrogens is 302 g/mol. The first-order chi connectivity index (χ1) is 11.0. The third-order valence-corrected chi connectivity index (χ3v) is 4.13. The van der Waals surface area contributed by atoms with Crippen LogP contribution in [0.15, 0.2) is 24.5 Å². The molecule has 0 bridgehead atoms. The van der Waals surface area contributed by atoms with Crippen LogP contribution in [0, 0.1) is 6.92 Å². The van der Waals surface area contributed by atoms with Gasteiger partial charge in [-0.25, -0.2) is 18.7 Å². The summed E-state index contributed by atoms with van der Waals surface area (Å²) in [5.41, 5.74) is 2.02. The Morgan fingerprint density at radius 1 is 1.17 bits per heavy atom. The van der Waals surface area contributed by atoms with Crippen molar-refractivity contribution in [3.63, 3.8) is 0 Å². The molecule has 1 aromatic carbocycles. The molecule has 124 valence electrons. The number of nitrogens with zero attached hydrogens (tertiary/aromatic N) is 4. The first-order valence-corrected chi connectivity index (χ1v) is 7.66. The van der Waals surface area contributed by atoms with Crippen molar-refractivity contribution in [2.45, 2.75) is 12.8 Å². The molecule has 2 heterocycles. The summed E-state index contributed by atoms with van der Waals surface area (Å²) >= 11 is 0. The zero-order valence-corrected chi connectivity index (χ0v) is 13.0. The zero-order chi connectivity index (χ0) is 16.4. The van der Waals surface area contributed by atoms with E-state index in [-0.39, 0.29) is 0 Å². The lowest BCUT2D eigenvalue weighted by Gasteiger charge is -2.36. The first kappa shape index (κ1) is 16.0. The molecule has 7 heteroatoms. The molecule has 2 aromatic rings. The molecule has 1 aliphatic rings. The Morgan fingerprint density at radius 3 is 2.61 bits per heavy atom. The Balaban J connectivity index is 1.74. The van der Waals surface area contributed by atoms with Gasteiger partial charge in [-0.1, -0.05) is 11.6 Å². The summed E-state index contributed by atoms with van der Waals surface area (Å²) in [6.07, 6.45) is 1.54. The van der Waals surface area contributed by atoms with Crippen LogP contribution in [-0.4, -0.2) is 65.2 Å².